The number of Topliss-reactive ketones (excluding diaryl/α,β-unsaturated/α-hetero) is 2. The number of pyridine rings is 6. The molecule has 8 heteroatoms. The molecule has 0 saturated heterocycles. The van der Waals surface area contributed by atoms with E-state index in [1.165, 1.54) is 66.9 Å². The lowest BCUT2D eigenvalue weighted by molar-refractivity contribution is -0.693. The third-order valence-electron chi connectivity index (χ3n) is 13.7. The molecule has 0 fully saturated rings. The van der Waals surface area contributed by atoms with Gasteiger partial charge in [0.15, 0.2) is 80.1 Å². The van der Waals surface area contributed by atoms with Gasteiger partial charge in [-0.05, 0) is 111 Å². The van der Waals surface area contributed by atoms with Crippen molar-refractivity contribution in [2.75, 3.05) is 0 Å². The number of carbonyl (C=O) groups is 2. The molecule has 0 aliphatic heterocycles. The van der Waals surface area contributed by atoms with Crippen molar-refractivity contribution < 1.29 is 37.0 Å². The molecular formula is C85H114N6O2+6. The van der Waals surface area contributed by atoms with Crippen molar-refractivity contribution in [2.45, 2.75) is 138 Å². The molecule has 490 valence electrons. The van der Waals surface area contributed by atoms with E-state index in [2.05, 4.69) is 212 Å². The molecule has 0 amide bonds. The van der Waals surface area contributed by atoms with Crippen LogP contribution in [0.3, 0.4) is 0 Å². The Morgan fingerprint density at radius 3 is 0.968 bits per heavy atom. The Morgan fingerprint density at radius 2 is 0.634 bits per heavy atom. The van der Waals surface area contributed by atoms with Gasteiger partial charge in [0.25, 0.3) is 0 Å². The molecule has 0 unspecified atom stereocenters. The maximum Gasteiger partial charge on any atom is 0.227 e. The molecular weight excluding hydrogens is 1140 g/mol. The number of nitrogens with zero attached hydrogens (tertiary/aromatic N) is 6. The summed E-state index contributed by atoms with van der Waals surface area (Å²) in [6.07, 6.45) is 26.1. The van der Waals surface area contributed by atoms with Gasteiger partial charge in [0.1, 0.15) is 27.7 Å². The van der Waals surface area contributed by atoms with Crippen LogP contribution in [0.25, 0.3) is 5.69 Å². The van der Waals surface area contributed by atoms with Gasteiger partial charge in [0.05, 0.1) is 0 Å². The smallest absolute Gasteiger partial charge is 0.227 e. The number of hydrogen-bond acceptors (Lipinski definition) is 2. The summed E-state index contributed by atoms with van der Waals surface area (Å²) in [6.45, 7) is 28.4. The highest BCUT2D eigenvalue weighted by molar-refractivity contribution is 5.96. The third-order valence-corrected chi connectivity index (χ3v) is 13.7. The average Bonchev–Trinajstić information content (AvgIpc) is 3.52. The number of ketones is 2. The molecule has 11 rings (SSSR count). The van der Waals surface area contributed by atoms with Gasteiger partial charge in [-0.25, -0.2) is 18.3 Å². The Bertz CT molecular complexity index is 3500. The van der Waals surface area contributed by atoms with Crippen LogP contribution in [0.5, 0.6) is 0 Å². The molecule has 0 atom stereocenters. The molecule has 0 aliphatic rings. The number of aromatic nitrogens is 6. The second-order valence-corrected chi connectivity index (χ2v) is 22.4. The lowest BCUT2D eigenvalue weighted by atomic mass is 10.1. The van der Waals surface area contributed by atoms with E-state index in [1.54, 1.807) is 0 Å². The highest BCUT2D eigenvalue weighted by atomic mass is 16.1. The zero-order valence-corrected chi connectivity index (χ0v) is 56.9. The average molecular weight is 1250 g/mol. The first-order valence-electron chi connectivity index (χ1n) is 31.1. The summed E-state index contributed by atoms with van der Waals surface area (Å²) >= 11 is 0. The predicted octanol–water partition coefficient (Wildman–Crippen LogP) is 17.6. The highest BCUT2D eigenvalue weighted by Gasteiger charge is 2.11. The summed E-state index contributed by atoms with van der Waals surface area (Å²) in [5, 5.41) is 0. The van der Waals surface area contributed by atoms with Gasteiger partial charge in [0.2, 0.25) is 18.0 Å². The first kappa shape index (κ1) is 83.3. The van der Waals surface area contributed by atoms with Gasteiger partial charge in [0, 0.05) is 101 Å². The Morgan fingerprint density at radius 1 is 0.301 bits per heavy atom. The number of aryl methyl sites for hydroxylation is 15. The molecule has 93 heavy (non-hydrogen) atoms. The van der Waals surface area contributed by atoms with Crippen molar-refractivity contribution in [2.24, 2.45) is 21.1 Å². The fourth-order valence-corrected chi connectivity index (χ4v) is 7.97. The predicted molar refractivity (Wildman–Crippen MR) is 391 cm³/mol. The Labute approximate surface area is 563 Å². The van der Waals surface area contributed by atoms with Crippen molar-refractivity contribution in [1.82, 2.24) is 0 Å². The SMILES string of the molecule is C.C.C.CCC(=O)c1ccc(C)cc1.CC[n+]1cccc(C)c1.CCc1ccc(C)cc1.Cc1cc[n+](C)cc1.Cc1cc[n+](C)cc1.Cc1ccc(-[n+]2ccccc2)cc1.Cc1ccc(C(=O)C[n+]2ccccc2)cc1.Cc1ccc(C)cc1.Cc1ccc[n+](C)c1. The van der Waals surface area contributed by atoms with E-state index >= 15 is 0 Å². The van der Waals surface area contributed by atoms with Crippen LogP contribution in [-0.4, -0.2) is 11.6 Å². The van der Waals surface area contributed by atoms with E-state index in [9.17, 15) is 9.59 Å². The van der Waals surface area contributed by atoms with Crippen LogP contribution in [0.1, 0.15) is 131 Å². The fourth-order valence-electron chi connectivity index (χ4n) is 7.97. The normalized spacial score (nSPS) is 9.29. The summed E-state index contributed by atoms with van der Waals surface area (Å²) in [7, 11) is 6.05. The molecule has 8 nitrogen and oxygen atoms in total. The summed E-state index contributed by atoms with van der Waals surface area (Å²) in [5.74, 6) is 0.348. The zero-order valence-electron chi connectivity index (χ0n) is 56.9. The van der Waals surface area contributed by atoms with E-state index in [-0.39, 0.29) is 33.8 Å². The van der Waals surface area contributed by atoms with Gasteiger partial charge in [-0.15, -0.1) is 0 Å². The fraction of sp³-hybridized carbons (Fsp3) is 0.271. The van der Waals surface area contributed by atoms with Crippen LogP contribution in [-0.2, 0) is 40.7 Å². The van der Waals surface area contributed by atoms with E-state index in [4.69, 9.17) is 0 Å². The van der Waals surface area contributed by atoms with Gasteiger partial charge in [-0.2, -0.15) is 9.13 Å². The molecule has 6 heterocycles. The monoisotopic (exact) mass is 1250 g/mol. The van der Waals surface area contributed by atoms with Crippen LogP contribution in [0, 0.1) is 69.2 Å². The Balaban J connectivity index is 0.00000103. The van der Waals surface area contributed by atoms with Crippen molar-refractivity contribution in [1.29, 1.82) is 0 Å². The molecule has 0 spiro atoms. The summed E-state index contributed by atoms with van der Waals surface area (Å²) < 4.78 is 12.2. The van der Waals surface area contributed by atoms with Crippen molar-refractivity contribution in [3.05, 3.63) is 353 Å². The minimum absolute atomic E-state index is 0. The van der Waals surface area contributed by atoms with E-state index in [0.717, 1.165) is 24.1 Å². The molecule has 0 bridgehead atoms. The van der Waals surface area contributed by atoms with Gasteiger partial charge >= 0.3 is 0 Å². The number of carbonyl (C=O) groups excluding carboxylic acids is 2. The topological polar surface area (TPSA) is 57.4 Å². The largest absolute Gasteiger partial charge is 0.294 e. The summed E-state index contributed by atoms with van der Waals surface area (Å²) in [4.78, 5) is 23.0. The Hall–Kier alpha value is -9.66. The van der Waals surface area contributed by atoms with Crippen LogP contribution in [0.4, 0.5) is 0 Å². The first-order chi connectivity index (χ1) is 43.2. The highest BCUT2D eigenvalue weighted by Crippen LogP contribution is 2.07. The lowest BCUT2D eigenvalue weighted by Crippen LogP contribution is -2.36. The minimum Gasteiger partial charge on any atom is -0.294 e. The van der Waals surface area contributed by atoms with E-state index in [0.29, 0.717) is 13.0 Å². The third kappa shape index (κ3) is 37.9. The minimum atomic E-state index is 0. The van der Waals surface area contributed by atoms with Gasteiger partial charge in [-0.3, -0.25) is 9.59 Å². The summed E-state index contributed by atoms with van der Waals surface area (Å²) in [5.41, 5.74) is 17.1. The quantitative estimate of drug-likeness (QED) is 0.112. The second kappa shape index (κ2) is 48.2. The molecule has 5 aromatic carbocycles. The first-order valence-corrected chi connectivity index (χ1v) is 31.1. The van der Waals surface area contributed by atoms with Crippen LogP contribution < -0.4 is 27.4 Å². The maximum atomic E-state index is 11.9. The molecule has 0 saturated carbocycles. The van der Waals surface area contributed by atoms with Gasteiger partial charge < -0.3 is 0 Å². The van der Waals surface area contributed by atoms with E-state index < -0.39 is 0 Å². The second-order valence-electron chi connectivity index (χ2n) is 22.4. The maximum absolute atomic E-state index is 11.9. The number of benzene rings is 5. The molecule has 0 aliphatic carbocycles. The lowest BCUT2D eigenvalue weighted by Gasteiger charge is -1.98. The zero-order chi connectivity index (χ0) is 66.1. The van der Waals surface area contributed by atoms with Crippen LogP contribution >= 0.6 is 0 Å². The van der Waals surface area contributed by atoms with Crippen molar-refractivity contribution in [3.63, 3.8) is 0 Å². The standard InChI is InChI=1S/C14H14NO.C12H12N.C10H12O.C9H12.C8H12N.C8H10.3C7H10N.3CH4/c1-12-5-7-13(8-6-12)14(16)11-15-9-3-2-4-10-15;1-11-5-7-12(8-6-11)13-9-3-2-4-10-13;1-3-10(11)9-6-4-8(2)5-7-9;1-3-9-6-4-8(2)5-7-9;1-3-9-6-4-5-8(2)7-9;3*1-7-3-5-8(2)6-4-7;1-7-4-3-5-8(2)6-7;;;/h2-10H,11H2,1H3;2-10H,1H3;4-7H,3H2,1-2H3;2*4-7H,3H2,1-2H3;4*3-6H,1-2H3;3*1H4/q2*+1;;;+1;;3*+1;;;. The number of hydrogen-bond donors (Lipinski definition) is 0. The van der Waals surface area contributed by atoms with Crippen molar-refractivity contribution >= 4 is 11.6 Å². The van der Waals surface area contributed by atoms with Gasteiger partial charge in [-0.1, -0.05) is 191 Å². The van der Waals surface area contributed by atoms with Crippen molar-refractivity contribution in [3.8, 4) is 5.69 Å². The Kier molecular flexibility index (Phi) is 43.2. The molecule has 0 N–H and O–H groups in total. The number of rotatable bonds is 8. The summed E-state index contributed by atoms with van der Waals surface area (Å²) in [6, 6.07) is 69.4. The molecule has 11 aromatic rings. The van der Waals surface area contributed by atoms with E-state index in [1.807, 2.05) is 207 Å². The molecule has 6 aromatic heterocycles. The van der Waals surface area contributed by atoms with Crippen LogP contribution in [0.15, 0.2) is 281 Å². The molecule has 0 radical (unpaired) electrons. The van der Waals surface area contributed by atoms with Crippen LogP contribution in [0.2, 0.25) is 0 Å².